The van der Waals surface area contributed by atoms with Gasteiger partial charge in [-0.15, -0.1) is 0 Å². The Balaban J connectivity index is 1.67. The molecule has 0 bridgehead atoms. The summed E-state index contributed by atoms with van der Waals surface area (Å²) in [7, 11) is 0. The Bertz CT molecular complexity index is 1110. The molecule has 0 unspecified atom stereocenters. The highest BCUT2D eigenvalue weighted by molar-refractivity contribution is 6.30. The van der Waals surface area contributed by atoms with Gasteiger partial charge in [-0.3, -0.25) is 4.98 Å². The number of morpholine rings is 1. The van der Waals surface area contributed by atoms with Crippen molar-refractivity contribution in [2.24, 2.45) is 11.8 Å². The van der Waals surface area contributed by atoms with Gasteiger partial charge in [-0.1, -0.05) is 31.4 Å². The lowest BCUT2D eigenvalue weighted by Crippen LogP contribution is -2.45. The smallest absolute Gasteiger partial charge is 0.225 e. The molecule has 4 heterocycles. The SMILES string of the molecule is CC1CCC(Cn2c(N3CCOC[C@H]3C)nc3nc(Cl)nc(-c4cncc(Cl)c4)c32)CC1. The molecule has 1 atom stereocenters. The highest BCUT2D eigenvalue weighted by Gasteiger charge is 2.29. The maximum absolute atomic E-state index is 6.34. The Morgan fingerprint density at radius 1 is 1.06 bits per heavy atom. The van der Waals surface area contributed by atoms with Crippen molar-refractivity contribution in [1.82, 2.24) is 24.5 Å². The molecule has 1 aliphatic heterocycles. The molecule has 0 amide bonds. The molecular weight excluding hydrogens is 447 g/mol. The number of fused-ring (bicyclic) bond motifs is 1. The molecule has 0 aromatic carbocycles. The molecule has 7 nitrogen and oxygen atoms in total. The monoisotopic (exact) mass is 474 g/mol. The van der Waals surface area contributed by atoms with Crippen LogP contribution in [-0.2, 0) is 11.3 Å². The fourth-order valence-electron chi connectivity index (χ4n) is 4.93. The van der Waals surface area contributed by atoms with Gasteiger partial charge in [0.15, 0.2) is 5.65 Å². The van der Waals surface area contributed by atoms with E-state index in [4.69, 9.17) is 32.9 Å². The van der Waals surface area contributed by atoms with Crippen molar-refractivity contribution in [3.8, 4) is 11.3 Å². The summed E-state index contributed by atoms with van der Waals surface area (Å²) in [5.41, 5.74) is 3.04. The van der Waals surface area contributed by atoms with E-state index in [-0.39, 0.29) is 11.3 Å². The number of imidazole rings is 1. The first-order chi connectivity index (χ1) is 15.5. The summed E-state index contributed by atoms with van der Waals surface area (Å²) in [6, 6.07) is 2.09. The van der Waals surface area contributed by atoms with Crippen molar-refractivity contribution in [2.75, 3.05) is 24.7 Å². The molecule has 3 aromatic heterocycles. The van der Waals surface area contributed by atoms with Crippen LogP contribution in [0, 0.1) is 11.8 Å². The van der Waals surface area contributed by atoms with Gasteiger partial charge in [0.25, 0.3) is 0 Å². The van der Waals surface area contributed by atoms with Crippen molar-refractivity contribution in [1.29, 1.82) is 0 Å². The van der Waals surface area contributed by atoms with Gasteiger partial charge >= 0.3 is 0 Å². The predicted octanol–water partition coefficient (Wildman–Crippen LogP) is 5.25. The number of anilines is 1. The second-order valence-corrected chi connectivity index (χ2v) is 9.95. The van der Waals surface area contributed by atoms with Crippen LogP contribution in [0.3, 0.4) is 0 Å². The molecule has 1 saturated carbocycles. The summed E-state index contributed by atoms with van der Waals surface area (Å²) in [6.45, 7) is 7.57. The number of ether oxygens (including phenoxy) is 1. The highest BCUT2D eigenvalue weighted by atomic mass is 35.5. The fourth-order valence-corrected chi connectivity index (χ4v) is 5.27. The lowest BCUT2D eigenvalue weighted by atomic mass is 9.83. The van der Waals surface area contributed by atoms with Crippen molar-refractivity contribution < 1.29 is 4.74 Å². The number of hydrogen-bond donors (Lipinski definition) is 0. The van der Waals surface area contributed by atoms with Crippen molar-refractivity contribution in [3.63, 3.8) is 0 Å². The van der Waals surface area contributed by atoms with E-state index < -0.39 is 0 Å². The van der Waals surface area contributed by atoms with Gasteiger partial charge in [0, 0.05) is 31.0 Å². The third-order valence-electron chi connectivity index (χ3n) is 6.73. The quantitative estimate of drug-likeness (QED) is 0.481. The molecule has 32 heavy (non-hydrogen) atoms. The molecule has 0 N–H and O–H groups in total. The van der Waals surface area contributed by atoms with Gasteiger partial charge in [0.05, 0.1) is 24.3 Å². The van der Waals surface area contributed by atoms with Crippen LogP contribution in [0.15, 0.2) is 18.5 Å². The van der Waals surface area contributed by atoms with E-state index in [2.05, 4.69) is 38.3 Å². The maximum Gasteiger partial charge on any atom is 0.225 e. The lowest BCUT2D eigenvalue weighted by Gasteiger charge is -2.35. The Morgan fingerprint density at radius 2 is 1.88 bits per heavy atom. The van der Waals surface area contributed by atoms with Crippen LogP contribution in [0.1, 0.15) is 39.5 Å². The number of rotatable bonds is 4. The Kier molecular flexibility index (Phi) is 6.23. The van der Waals surface area contributed by atoms with E-state index in [1.54, 1.807) is 12.4 Å². The topological polar surface area (TPSA) is 69.0 Å². The Hall–Kier alpha value is -1.96. The van der Waals surface area contributed by atoms with Crippen molar-refractivity contribution in [2.45, 2.75) is 52.1 Å². The molecule has 0 spiro atoms. The number of aromatic nitrogens is 5. The predicted molar refractivity (Wildman–Crippen MR) is 127 cm³/mol. The summed E-state index contributed by atoms with van der Waals surface area (Å²) in [5, 5.41) is 0.727. The van der Waals surface area contributed by atoms with Crippen LogP contribution in [0.2, 0.25) is 10.3 Å². The fraction of sp³-hybridized carbons (Fsp3) is 0.565. The molecule has 170 valence electrons. The third kappa shape index (κ3) is 4.30. The van der Waals surface area contributed by atoms with Crippen LogP contribution in [-0.4, -0.2) is 50.3 Å². The molecule has 1 saturated heterocycles. The van der Waals surface area contributed by atoms with Gasteiger partial charge in [-0.05, 0) is 49.3 Å². The maximum atomic E-state index is 6.34. The molecule has 9 heteroatoms. The minimum atomic E-state index is 0.171. The van der Waals surface area contributed by atoms with Gasteiger partial charge in [-0.2, -0.15) is 9.97 Å². The summed E-state index contributed by atoms with van der Waals surface area (Å²) >= 11 is 12.6. The van der Waals surface area contributed by atoms with E-state index in [9.17, 15) is 0 Å². The zero-order valence-electron chi connectivity index (χ0n) is 18.5. The summed E-state index contributed by atoms with van der Waals surface area (Å²) in [5.74, 6) is 2.32. The van der Waals surface area contributed by atoms with Crippen LogP contribution in [0.5, 0.6) is 0 Å². The first kappa shape index (κ1) is 21.9. The minimum absolute atomic E-state index is 0.171. The van der Waals surface area contributed by atoms with Crippen LogP contribution < -0.4 is 4.90 Å². The average Bonchev–Trinajstić information content (AvgIpc) is 3.12. The molecule has 3 aromatic rings. The van der Waals surface area contributed by atoms with Gasteiger partial charge in [0.2, 0.25) is 11.2 Å². The van der Waals surface area contributed by atoms with Gasteiger partial charge in [0.1, 0.15) is 11.2 Å². The molecular formula is C23H28Cl2N6O. The minimum Gasteiger partial charge on any atom is -0.377 e. The van der Waals surface area contributed by atoms with E-state index in [0.29, 0.717) is 29.8 Å². The third-order valence-corrected chi connectivity index (χ3v) is 7.11. The van der Waals surface area contributed by atoms with E-state index >= 15 is 0 Å². The second kappa shape index (κ2) is 9.12. The van der Waals surface area contributed by atoms with E-state index in [1.807, 2.05) is 6.07 Å². The standard InChI is InChI=1S/C23H28Cl2N6O/c1-14-3-5-16(6-4-14)12-31-20-19(17-9-18(24)11-26-10-17)27-22(25)28-21(20)29-23(31)30-7-8-32-13-15(30)2/h9-11,14-16H,3-8,12-13H2,1-2H3/t14?,15-,16?/m1/s1. The molecule has 2 aliphatic rings. The molecule has 2 fully saturated rings. The Labute approximate surface area is 198 Å². The molecule has 1 aliphatic carbocycles. The van der Waals surface area contributed by atoms with E-state index in [1.165, 1.54) is 25.7 Å². The zero-order chi connectivity index (χ0) is 22.2. The summed E-state index contributed by atoms with van der Waals surface area (Å²) in [6.07, 6.45) is 8.37. The first-order valence-corrected chi connectivity index (χ1v) is 12.1. The van der Waals surface area contributed by atoms with Crippen molar-refractivity contribution >= 4 is 40.3 Å². The van der Waals surface area contributed by atoms with E-state index in [0.717, 1.165) is 41.7 Å². The summed E-state index contributed by atoms with van der Waals surface area (Å²) in [4.78, 5) is 20.7. The number of pyridine rings is 1. The van der Waals surface area contributed by atoms with Crippen molar-refractivity contribution in [3.05, 3.63) is 28.8 Å². The molecule has 5 rings (SSSR count). The second-order valence-electron chi connectivity index (χ2n) is 9.17. The van der Waals surface area contributed by atoms with Crippen LogP contribution in [0.25, 0.3) is 22.4 Å². The lowest BCUT2D eigenvalue weighted by molar-refractivity contribution is 0.0976. The van der Waals surface area contributed by atoms with Crippen LogP contribution in [0.4, 0.5) is 5.95 Å². The number of halogens is 2. The zero-order valence-corrected chi connectivity index (χ0v) is 20.0. The average molecular weight is 475 g/mol. The largest absolute Gasteiger partial charge is 0.377 e. The number of hydrogen-bond acceptors (Lipinski definition) is 6. The number of nitrogens with zero attached hydrogens (tertiary/aromatic N) is 6. The highest BCUT2D eigenvalue weighted by Crippen LogP contribution is 2.36. The Morgan fingerprint density at radius 3 is 2.62 bits per heavy atom. The van der Waals surface area contributed by atoms with Gasteiger partial charge < -0.3 is 14.2 Å². The first-order valence-electron chi connectivity index (χ1n) is 11.4. The molecule has 0 radical (unpaired) electrons. The normalized spacial score (nSPS) is 24.2. The summed E-state index contributed by atoms with van der Waals surface area (Å²) < 4.78 is 7.99. The van der Waals surface area contributed by atoms with Crippen LogP contribution >= 0.6 is 23.2 Å². The van der Waals surface area contributed by atoms with Gasteiger partial charge in [-0.25, -0.2) is 4.98 Å².